The van der Waals surface area contributed by atoms with Gasteiger partial charge in [-0.3, -0.25) is 0 Å². The van der Waals surface area contributed by atoms with Crippen molar-refractivity contribution in [3.8, 4) is 0 Å². The molecule has 1 heterocycles. The summed E-state index contributed by atoms with van der Waals surface area (Å²) in [5.41, 5.74) is 2.54. The van der Waals surface area contributed by atoms with E-state index in [1.807, 2.05) is 0 Å². The van der Waals surface area contributed by atoms with E-state index in [0.29, 0.717) is 6.04 Å². The molecule has 2 N–H and O–H groups in total. The predicted molar refractivity (Wildman–Crippen MR) is 88.0 cm³/mol. The van der Waals surface area contributed by atoms with Crippen LogP contribution in [0.3, 0.4) is 0 Å². The third-order valence-electron chi connectivity index (χ3n) is 4.78. The van der Waals surface area contributed by atoms with Gasteiger partial charge in [0.15, 0.2) is 0 Å². The second-order valence-electron chi connectivity index (χ2n) is 6.49. The molecule has 1 aromatic rings. The van der Waals surface area contributed by atoms with Gasteiger partial charge in [-0.1, -0.05) is 6.07 Å². The molecule has 1 saturated heterocycles. The number of aliphatic hydroxyl groups excluding tert-OH is 1. The maximum atomic E-state index is 9.59. The SMILES string of the molecule is CN1CCN(c2cccc(NC3CCC(O)CC3)c2)CC1. The summed E-state index contributed by atoms with van der Waals surface area (Å²) in [6.45, 7) is 4.49. The van der Waals surface area contributed by atoms with Crippen molar-refractivity contribution in [2.24, 2.45) is 0 Å². The molecule has 21 heavy (non-hydrogen) atoms. The van der Waals surface area contributed by atoms with Gasteiger partial charge in [-0.05, 0) is 50.9 Å². The Kier molecular flexibility index (Phi) is 4.66. The van der Waals surface area contributed by atoms with Gasteiger partial charge < -0.3 is 20.2 Å². The van der Waals surface area contributed by atoms with Gasteiger partial charge in [-0.25, -0.2) is 0 Å². The summed E-state index contributed by atoms with van der Waals surface area (Å²) in [6, 6.07) is 9.30. The molecular formula is C17H27N3O. The van der Waals surface area contributed by atoms with Crippen LogP contribution in [-0.4, -0.2) is 55.4 Å². The van der Waals surface area contributed by atoms with Crippen molar-refractivity contribution >= 4 is 11.4 Å². The Hall–Kier alpha value is -1.26. The largest absolute Gasteiger partial charge is 0.393 e. The first kappa shape index (κ1) is 14.7. The van der Waals surface area contributed by atoms with Crippen LogP contribution in [0.2, 0.25) is 0 Å². The molecule has 1 saturated carbocycles. The molecule has 4 heteroatoms. The molecule has 1 aliphatic carbocycles. The molecule has 0 unspecified atom stereocenters. The average molecular weight is 289 g/mol. The number of nitrogens with one attached hydrogen (secondary N) is 1. The molecule has 4 nitrogen and oxygen atoms in total. The maximum absolute atomic E-state index is 9.59. The van der Waals surface area contributed by atoms with E-state index in [4.69, 9.17) is 0 Å². The Balaban J connectivity index is 1.60. The molecule has 0 amide bonds. The Morgan fingerprint density at radius 2 is 1.76 bits per heavy atom. The summed E-state index contributed by atoms with van der Waals surface area (Å²) < 4.78 is 0. The van der Waals surface area contributed by atoms with Crippen molar-refractivity contribution in [1.29, 1.82) is 0 Å². The van der Waals surface area contributed by atoms with Crippen LogP contribution in [0.15, 0.2) is 24.3 Å². The lowest BCUT2D eigenvalue weighted by Gasteiger charge is -2.34. The van der Waals surface area contributed by atoms with Crippen LogP contribution in [0.1, 0.15) is 25.7 Å². The monoisotopic (exact) mass is 289 g/mol. The van der Waals surface area contributed by atoms with Crippen LogP contribution in [0, 0.1) is 0 Å². The van der Waals surface area contributed by atoms with Gasteiger partial charge >= 0.3 is 0 Å². The van der Waals surface area contributed by atoms with Gasteiger partial charge in [-0.2, -0.15) is 0 Å². The van der Waals surface area contributed by atoms with E-state index in [9.17, 15) is 5.11 Å². The van der Waals surface area contributed by atoms with Crippen LogP contribution in [0.25, 0.3) is 0 Å². The number of rotatable bonds is 3. The molecule has 0 atom stereocenters. The summed E-state index contributed by atoms with van der Waals surface area (Å²) >= 11 is 0. The van der Waals surface area contributed by atoms with Gasteiger partial charge in [0.25, 0.3) is 0 Å². The normalized spacial score (nSPS) is 27.6. The predicted octanol–water partition coefficient (Wildman–Crippen LogP) is 2.15. The van der Waals surface area contributed by atoms with E-state index < -0.39 is 0 Å². The number of piperazine rings is 1. The molecule has 1 aliphatic heterocycles. The minimum Gasteiger partial charge on any atom is -0.393 e. The van der Waals surface area contributed by atoms with E-state index in [0.717, 1.165) is 51.9 Å². The Morgan fingerprint density at radius 3 is 2.48 bits per heavy atom. The zero-order valence-corrected chi connectivity index (χ0v) is 13.0. The van der Waals surface area contributed by atoms with Crippen molar-refractivity contribution in [3.05, 3.63) is 24.3 Å². The number of likely N-dealkylation sites (N-methyl/N-ethyl adjacent to an activating group) is 1. The molecule has 0 spiro atoms. The van der Waals surface area contributed by atoms with Crippen molar-refractivity contribution in [2.75, 3.05) is 43.4 Å². The summed E-state index contributed by atoms with van der Waals surface area (Å²) in [5, 5.41) is 13.2. The molecule has 2 fully saturated rings. The van der Waals surface area contributed by atoms with Crippen LogP contribution in [-0.2, 0) is 0 Å². The number of anilines is 2. The zero-order chi connectivity index (χ0) is 14.7. The average Bonchev–Trinajstić information content (AvgIpc) is 2.51. The Labute approximate surface area is 127 Å². The second kappa shape index (κ2) is 6.67. The highest BCUT2D eigenvalue weighted by Crippen LogP contribution is 2.25. The molecule has 0 radical (unpaired) electrons. The molecule has 116 valence electrons. The number of hydrogen-bond donors (Lipinski definition) is 2. The van der Waals surface area contributed by atoms with Crippen molar-refractivity contribution < 1.29 is 5.11 Å². The van der Waals surface area contributed by atoms with Gasteiger partial charge in [0, 0.05) is 43.6 Å². The summed E-state index contributed by atoms with van der Waals surface area (Å²) in [5.74, 6) is 0. The Morgan fingerprint density at radius 1 is 1.05 bits per heavy atom. The summed E-state index contributed by atoms with van der Waals surface area (Å²) in [4.78, 5) is 4.85. The zero-order valence-electron chi connectivity index (χ0n) is 13.0. The maximum Gasteiger partial charge on any atom is 0.0541 e. The third-order valence-corrected chi connectivity index (χ3v) is 4.78. The van der Waals surface area contributed by atoms with Gasteiger partial charge in [0.1, 0.15) is 0 Å². The fraction of sp³-hybridized carbons (Fsp3) is 0.647. The molecule has 0 bridgehead atoms. The quantitative estimate of drug-likeness (QED) is 0.894. The van der Waals surface area contributed by atoms with Crippen molar-refractivity contribution in [3.63, 3.8) is 0 Å². The number of benzene rings is 1. The van der Waals surface area contributed by atoms with Crippen molar-refractivity contribution in [2.45, 2.75) is 37.8 Å². The van der Waals surface area contributed by atoms with Gasteiger partial charge in [0.05, 0.1) is 6.10 Å². The highest BCUT2D eigenvalue weighted by molar-refractivity contribution is 5.58. The molecular weight excluding hydrogens is 262 g/mol. The van der Waals surface area contributed by atoms with E-state index in [1.54, 1.807) is 0 Å². The van der Waals surface area contributed by atoms with E-state index in [1.165, 1.54) is 11.4 Å². The number of nitrogens with zero attached hydrogens (tertiary/aromatic N) is 2. The van der Waals surface area contributed by atoms with Crippen LogP contribution in [0.4, 0.5) is 11.4 Å². The van der Waals surface area contributed by atoms with E-state index >= 15 is 0 Å². The fourth-order valence-electron chi connectivity index (χ4n) is 3.31. The van der Waals surface area contributed by atoms with Gasteiger partial charge in [0.2, 0.25) is 0 Å². The first-order valence-electron chi connectivity index (χ1n) is 8.19. The van der Waals surface area contributed by atoms with Crippen LogP contribution < -0.4 is 10.2 Å². The van der Waals surface area contributed by atoms with E-state index in [2.05, 4.69) is 46.4 Å². The topological polar surface area (TPSA) is 38.7 Å². The first-order chi connectivity index (χ1) is 10.2. The lowest BCUT2D eigenvalue weighted by Crippen LogP contribution is -2.44. The van der Waals surface area contributed by atoms with Gasteiger partial charge in [-0.15, -0.1) is 0 Å². The number of aliphatic hydroxyl groups is 1. The van der Waals surface area contributed by atoms with E-state index in [-0.39, 0.29) is 6.10 Å². The lowest BCUT2D eigenvalue weighted by atomic mass is 9.93. The summed E-state index contributed by atoms with van der Waals surface area (Å²) in [7, 11) is 2.19. The smallest absolute Gasteiger partial charge is 0.0541 e. The van der Waals surface area contributed by atoms with Crippen LogP contribution >= 0.6 is 0 Å². The van der Waals surface area contributed by atoms with Crippen LogP contribution in [0.5, 0.6) is 0 Å². The molecule has 1 aromatic carbocycles. The molecule has 0 aromatic heterocycles. The second-order valence-corrected chi connectivity index (χ2v) is 6.49. The van der Waals surface area contributed by atoms with Crippen molar-refractivity contribution in [1.82, 2.24) is 4.90 Å². The summed E-state index contributed by atoms with van der Waals surface area (Å²) in [6.07, 6.45) is 3.91. The minimum atomic E-state index is -0.0836. The highest BCUT2D eigenvalue weighted by atomic mass is 16.3. The number of hydrogen-bond acceptors (Lipinski definition) is 4. The highest BCUT2D eigenvalue weighted by Gasteiger charge is 2.19. The Bertz CT molecular complexity index is 449. The first-order valence-corrected chi connectivity index (χ1v) is 8.19. The minimum absolute atomic E-state index is 0.0836. The fourth-order valence-corrected chi connectivity index (χ4v) is 3.31. The third kappa shape index (κ3) is 3.89. The molecule has 2 aliphatic rings. The molecule has 3 rings (SSSR count). The standard InChI is InChI=1S/C17H27N3O/c1-19-9-11-20(12-10-19)16-4-2-3-15(13-16)18-14-5-7-17(21)8-6-14/h2-4,13-14,17-18,21H,5-12H2,1H3. The lowest BCUT2D eigenvalue weighted by molar-refractivity contribution is 0.126.